The summed E-state index contributed by atoms with van der Waals surface area (Å²) in [6, 6.07) is 18.4. The van der Waals surface area contributed by atoms with Gasteiger partial charge in [0.25, 0.3) is 11.8 Å². The number of Topliss-reactive ketones (excluding diaryl/α,β-unsaturated/α-hetero) is 1. The van der Waals surface area contributed by atoms with Crippen molar-refractivity contribution in [2.24, 2.45) is 0 Å². The van der Waals surface area contributed by atoms with Gasteiger partial charge in [0.2, 0.25) is 0 Å². The number of hydrogen-bond acceptors (Lipinski definition) is 8. The lowest BCUT2D eigenvalue weighted by Crippen LogP contribution is -2.36. The second kappa shape index (κ2) is 10.0. The molecule has 0 saturated heterocycles. The van der Waals surface area contributed by atoms with Crippen LogP contribution in [0.15, 0.2) is 72.8 Å². The maximum absolute atomic E-state index is 12.4. The van der Waals surface area contributed by atoms with Gasteiger partial charge in [-0.1, -0.05) is 18.2 Å². The summed E-state index contributed by atoms with van der Waals surface area (Å²) in [6.07, 6.45) is 0. The van der Waals surface area contributed by atoms with Crippen LogP contribution in [0, 0.1) is 0 Å². The average Bonchev–Trinajstić information content (AvgIpc) is 3.12. The molecule has 0 aromatic heterocycles. The van der Waals surface area contributed by atoms with Gasteiger partial charge in [-0.25, -0.2) is 4.79 Å². The van der Waals surface area contributed by atoms with E-state index in [0.717, 1.165) is 4.90 Å². The van der Waals surface area contributed by atoms with Crippen LogP contribution in [0.25, 0.3) is 0 Å². The van der Waals surface area contributed by atoms with Crippen LogP contribution in [0.1, 0.15) is 41.4 Å². The fraction of sp³-hybridized carbons (Fsp3) is 0.115. The van der Waals surface area contributed by atoms with E-state index >= 15 is 0 Å². The van der Waals surface area contributed by atoms with Gasteiger partial charge in [0.05, 0.1) is 23.8 Å². The van der Waals surface area contributed by atoms with Gasteiger partial charge >= 0.3 is 11.9 Å². The third-order valence-electron chi connectivity index (χ3n) is 5.22. The van der Waals surface area contributed by atoms with Crippen molar-refractivity contribution < 1.29 is 38.2 Å². The molecule has 0 N–H and O–H groups in total. The van der Waals surface area contributed by atoms with Crippen molar-refractivity contribution in [2.75, 3.05) is 20.3 Å². The molecule has 0 saturated carbocycles. The van der Waals surface area contributed by atoms with Crippen molar-refractivity contribution in [3.05, 3.63) is 95.1 Å². The summed E-state index contributed by atoms with van der Waals surface area (Å²) < 4.78 is 15.3. The summed E-state index contributed by atoms with van der Waals surface area (Å²) >= 11 is 0. The minimum Gasteiger partial charge on any atom is -0.497 e. The van der Waals surface area contributed by atoms with E-state index in [2.05, 4.69) is 0 Å². The first-order chi connectivity index (χ1) is 16.9. The lowest BCUT2D eigenvalue weighted by Gasteiger charge is -2.12. The quantitative estimate of drug-likeness (QED) is 0.212. The fourth-order valence-electron chi connectivity index (χ4n) is 3.41. The minimum atomic E-state index is -0.892. The molecule has 1 aliphatic heterocycles. The van der Waals surface area contributed by atoms with Crippen LogP contribution in [0.4, 0.5) is 0 Å². The number of amides is 2. The van der Waals surface area contributed by atoms with Gasteiger partial charge in [-0.05, 0) is 54.6 Å². The first-order valence-corrected chi connectivity index (χ1v) is 10.5. The monoisotopic (exact) mass is 473 g/mol. The van der Waals surface area contributed by atoms with E-state index in [1.54, 1.807) is 30.3 Å². The van der Waals surface area contributed by atoms with Crippen LogP contribution in [-0.2, 0) is 9.53 Å². The molecule has 0 radical (unpaired) electrons. The fourth-order valence-corrected chi connectivity index (χ4v) is 3.41. The highest BCUT2D eigenvalue weighted by Crippen LogP contribution is 2.22. The van der Waals surface area contributed by atoms with Gasteiger partial charge in [0.15, 0.2) is 12.4 Å². The van der Waals surface area contributed by atoms with Crippen LogP contribution in [-0.4, -0.2) is 54.7 Å². The van der Waals surface area contributed by atoms with Crippen molar-refractivity contribution in [1.82, 2.24) is 4.90 Å². The summed E-state index contributed by atoms with van der Waals surface area (Å²) in [6.45, 7) is -1.18. The second-order valence-corrected chi connectivity index (χ2v) is 7.47. The van der Waals surface area contributed by atoms with E-state index in [4.69, 9.17) is 14.2 Å². The van der Waals surface area contributed by atoms with Gasteiger partial charge in [-0.2, -0.15) is 0 Å². The Morgan fingerprint density at radius 1 is 0.771 bits per heavy atom. The van der Waals surface area contributed by atoms with Crippen LogP contribution >= 0.6 is 0 Å². The van der Waals surface area contributed by atoms with E-state index in [9.17, 15) is 24.0 Å². The van der Waals surface area contributed by atoms with E-state index in [-0.39, 0.29) is 22.4 Å². The molecule has 0 atom stereocenters. The van der Waals surface area contributed by atoms with Crippen molar-refractivity contribution >= 4 is 29.5 Å². The third kappa shape index (κ3) is 5.09. The number of hydrogen-bond donors (Lipinski definition) is 0. The lowest BCUT2D eigenvalue weighted by molar-refractivity contribution is -0.142. The van der Waals surface area contributed by atoms with E-state index in [1.165, 1.54) is 49.6 Å². The van der Waals surface area contributed by atoms with E-state index in [0.29, 0.717) is 11.3 Å². The molecular weight excluding hydrogens is 454 g/mol. The molecule has 176 valence electrons. The molecule has 2 amide bonds. The van der Waals surface area contributed by atoms with Crippen molar-refractivity contribution in [2.45, 2.75) is 0 Å². The minimum absolute atomic E-state index is 0.216. The zero-order chi connectivity index (χ0) is 24.9. The number of ether oxygens (including phenoxy) is 3. The molecule has 9 nitrogen and oxygen atoms in total. The zero-order valence-electron chi connectivity index (χ0n) is 18.6. The lowest BCUT2D eigenvalue weighted by atomic mass is 10.1. The highest BCUT2D eigenvalue weighted by Gasteiger charge is 2.36. The highest BCUT2D eigenvalue weighted by atomic mass is 16.5. The van der Waals surface area contributed by atoms with Gasteiger partial charge in [0.1, 0.15) is 18.0 Å². The normalized spacial score (nSPS) is 12.2. The molecule has 0 unspecified atom stereocenters. The smallest absolute Gasteiger partial charge is 0.343 e. The van der Waals surface area contributed by atoms with Crippen molar-refractivity contribution in [3.63, 3.8) is 0 Å². The molecule has 1 heterocycles. The number of ketones is 1. The number of fused-ring (bicyclic) bond motifs is 1. The highest BCUT2D eigenvalue weighted by molar-refractivity contribution is 6.22. The summed E-state index contributed by atoms with van der Waals surface area (Å²) in [5, 5.41) is 0. The maximum atomic E-state index is 12.4. The van der Waals surface area contributed by atoms with Crippen LogP contribution < -0.4 is 9.47 Å². The Hall–Kier alpha value is -4.79. The molecule has 9 heteroatoms. The van der Waals surface area contributed by atoms with Crippen LogP contribution in [0.2, 0.25) is 0 Å². The topological polar surface area (TPSA) is 116 Å². The van der Waals surface area contributed by atoms with E-state index in [1.807, 2.05) is 0 Å². The predicted molar refractivity (Wildman–Crippen MR) is 121 cm³/mol. The maximum Gasteiger partial charge on any atom is 0.343 e. The Balaban J connectivity index is 1.29. The largest absolute Gasteiger partial charge is 0.497 e. The molecule has 4 rings (SSSR count). The number of carbonyl (C=O) groups is 5. The van der Waals surface area contributed by atoms with Gasteiger partial charge in [0, 0.05) is 5.56 Å². The molecule has 3 aromatic carbocycles. The van der Waals surface area contributed by atoms with Crippen molar-refractivity contribution in [1.29, 1.82) is 0 Å². The second-order valence-electron chi connectivity index (χ2n) is 7.47. The SMILES string of the molecule is COc1cccc(C(=O)Oc2ccc(C(=O)COC(=O)CN3C(=O)c4ccccc4C3=O)cc2)c1. The number of methoxy groups -OCH3 is 1. The number of nitrogens with zero attached hydrogens (tertiary/aromatic N) is 1. The summed E-state index contributed by atoms with van der Waals surface area (Å²) in [7, 11) is 1.49. The Kier molecular flexibility index (Phi) is 6.68. The standard InChI is InChI=1S/C26H19NO8/c1-33-19-6-4-5-17(13-19)26(32)35-18-11-9-16(10-12-18)22(28)15-34-23(29)14-27-24(30)20-7-2-3-8-21(20)25(27)31/h2-13H,14-15H2,1H3. The van der Waals surface area contributed by atoms with Gasteiger partial charge in [-0.3, -0.25) is 24.1 Å². The summed E-state index contributed by atoms with van der Waals surface area (Å²) in [5.74, 6) is -2.44. The molecular formula is C26H19NO8. The Morgan fingerprint density at radius 3 is 2.06 bits per heavy atom. The number of esters is 2. The summed E-state index contributed by atoms with van der Waals surface area (Å²) in [4.78, 5) is 62.2. The third-order valence-corrected chi connectivity index (χ3v) is 5.22. The molecule has 1 aliphatic rings. The molecule has 0 spiro atoms. The predicted octanol–water partition coefficient (Wildman–Crippen LogP) is 2.94. The zero-order valence-corrected chi connectivity index (χ0v) is 18.6. The molecule has 0 fully saturated rings. The van der Waals surface area contributed by atoms with Gasteiger partial charge in [-0.15, -0.1) is 0 Å². The Bertz CT molecular complexity index is 1290. The van der Waals surface area contributed by atoms with Gasteiger partial charge < -0.3 is 14.2 Å². The molecule has 0 aliphatic carbocycles. The molecule has 35 heavy (non-hydrogen) atoms. The Morgan fingerprint density at radius 2 is 1.43 bits per heavy atom. The number of imide groups is 1. The Labute approximate surface area is 199 Å². The first-order valence-electron chi connectivity index (χ1n) is 10.5. The molecule has 3 aromatic rings. The van der Waals surface area contributed by atoms with Crippen LogP contribution in [0.3, 0.4) is 0 Å². The molecule has 0 bridgehead atoms. The van der Waals surface area contributed by atoms with Crippen molar-refractivity contribution in [3.8, 4) is 11.5 Å². The number of rotatable bonds is 8. The number of carbonyl (C=O) groups excluding carboxylic acids is 5. The van der Waals surface area contributed by atoms with E-state index < -0.39 is 42.7 Å². The number of benzene rings is 3. The summed E-state index contributed by atoms with van der Waals surface area (Å²) in [5.41, 5.74) is 0.955. The average molecular weight is 473 g/mol. The van der Waals surface area contributed by atoms with Crippen LogP contribution in [0.5, 0.6) is 11.5 Å². The first kappa shape index (κ1) is 23.4.